The van der Waals surface area contributed by atoms with Crippen molar-refractivity contribution in [2.75, 3.05) is 6.61 Å². The second-order valence-corrected chi connectivity index (χ2v) is 9.83. The van der Waals surface area contributed by atoms with E-state index in [4.69, 9.17) is 14.7 Å². The van der Waals surface area contributed by atoms with Crippen molar-refractivity contribution < 1.29 is 9.53 Å². The largest absolute Gasteiger partial charge is 0.460 e. The van der Waals surface area contributed by atoms with E-state index in [1.807, 2.05) is 99.6 Å². The number of hydrogen-bond donors (Lipinski definition) is 0. The van der Waals surface area contributed by atoms with Crippen LogP contribution in [0.1, 0.15) is 34.2 Å². The molecule has 0 radical (unpaired) electrons. The number of pyridine rings is 1. The van der Waals surface area contributed by atoms with Crippen LogP contribution in [-0.4, -0.2) is 36.7 Å². The van der Waals surface area contributed by atoms with Crippen molar-refractivity contribution in [3.63, 3.8) is 0 Å². The quantitative estimate of drug-likeness (QED) is 0.260. The molecule has 8 heteroatoms. The molecular formula is C32H27N5O3. The third kappa shape index (κ3) is 4.33. The number of carbonyl (C=O) groups excluding carboxylic acids is 1. The molecule has 6 aromatic rings. The van der Waals surface area contributed by atoms with Crippen LogP contribution in [0.15, 0.2) is 83.7 Å². The molecule has 3 aromatic carbocycles. The van der Waals surface area contributed by atoms with Gasteiger partial charge in [-0.05, 0) is 51.5 Å². The van der Waals surface area contributed by atoms with Crippen LogP contribution in [0.25, 0.3) is 44.9 Å². The summed E-state index contributed by atoms with van der Waals surface area (Å²) in [5.74, 6) is -0.676. The van der Waals surface area contributed by atoms with Gasteiger partial charge in [-0.3, -0.25) is 4.79 Å². The monoisotopic (exact) mass is 529 g/mol. The maximum atomic E-state index is 14.3. The number of ether oxygens (including phenoxy) is 1. The first-order valence-electron chi connectivity index (χ1n) is 13.1. The summed E-state index contributed by atoms with van der Waals surface area (Å²) in [5, 5.41) is 4.81. The van der Waals surface area contributed by atoms with Crippen molar-refractivity contribution in [3.8, 4) is 28.1 Å². The second-order valence-electron chi connectivity index (χ2n) is 9.83. The first kappa shape index (κ1) is 25.2. The summed E-state index contributed by atoms with van der Waals surface area (Å²) in [6.45, 7) is 7.87. The number of hydrogen-bond acceptors (Lipinski definition) is 6. The predicted molar refractivity (Wildman–Crippen MR) is 155 cm³/mol. The Hall–Kier alpha value is -5.11. The number of aryl methyl sites for hydroxylation is 3. The molecule has 0 saturated carbocycles. The lowest BCUT2D eigenvalue weighted by atomic mass is 9.99. The van der Waals surface area contributed by atoms with E-state index in [0.717, 1.165) is 27.8 Å². The van der Waals surface area contributed by atoms with Crippen LogP contribution in [-0.2, 0) is 4.74 Å². The fourth-order valence-electron chi connectivity index (χ4n) is 4.71. The maximum Gasteiger partial charge on any atom is 0.376 e. The highest BCUT2D eigenvalue weighted by Gasteiger charge is 2.25. The van der Waals surface area contributed by atoms with Gasteiger partial charge in [0.05, 0.1) is 23.4 Å². The average Bonchev–Trinajstić information content (AvgIpc) is 3.34. The Bertz CT molecular complexity index is 1950. The van der Waals surface area contributed by atoms with E-state index < -0.39 is 11.5 Å². The fraction of sp³-hybridized carbons (Fsp3) is 0.156. The van der Waals surface area contributed by atoms with E-state index in [-0.39, 0.29) is 23.9 Å². The van der Waals surface area contributed by atoms with Crippen LogP contribution < -0.4 is 5.56 Å². The minimum atomic E-state index is -0.706. The average molecular weight is 530 g/mol. The summed E-state index contributed by atoms with van der Waals surface area (Å²) < 4.78 is 7.98. The number of fused-ring (bicyclic) bond motifs is 2. The van der Waals surface area contributed by atoms with Gasteiger partial charge in [0.2, 0.25) is 11.6 Å². The third-order valence-electron chi connectivity index (χ3n) is 6.87. The third-order valence-corrected chi connectivity index (χ3v) is 6.87. The molecule has 0 aliphatic rings. The molecule has 0 amide bonds. The highest BCUT2D eigenvalue weighted by atomic mass is 16.5. The zero-order valence-electron chi connectivity index (χ0n) is 22.7. The molecule has 0 N–H and O–H groups in total. The Morgan fingerprint density at radius 3 is 1.98 bits per heavy atom. The van der Waals surface area contributed by atoms with Gasteiger partial charge >= 0.3 is 5.97 Å². The molecule has 0 fully saturated rings. The van der Waals surface area contributed by atoms with E-state index in [0.29, 0.717) is 22.3 Å². The number of aromatic nitrogens is 5. The molecule has 198 valence electrons. The Morgan fingerprint density at radius 1 is 0.800 bits per heavy atom. The number of nitrogens with zero attached hydrogens (tertiary/aromatic N) is 5. The summed E-state index contributed by atoms with van der Waals surface area (Å²) >= 11 is 0. The maximum absolute atomic E-state index is 14.3. The summed E-state index contributed by atoms with van der Waals surface area (Å²) in [5.41, 5.74) is 6.87. The molecule has 40 heavy (non-hydrogen) atoms. The van der Waals surface area contributed by atoms with Crippen molar-refractivity contribution in [1.82, 2.24) is 24.1 Å². The predicted octanol–water partition coefficient (Wildman–Crippen LogP) is 5.86. The van der Waals surface area contributed by atoms with Crippen LogP contribution in [0.4, 0.5) is 0 Å². The molecule has 0 unspecified atom stereocenters. The van der Waals surface area contributed by atoms with Crippen LogP contribution in [0.3, 0.4) is 0 Å². The number of benzene rings is 3. The lowest BCUT2D eigenvalue weighted by Gasteiger charge is -2.11. The lowest BCUT2D eigenvalue weighted by molar-refractivity contribution is 0.0509. The van der Waals surface area contributed by atoms with Crippen molar-refractivity contribution in [3.05, 3.63) is 112 Å². The van der Waals surface area contributed by atoms with Gasteiger partial charge in [-0.1, -0.05) is 77.4 Å². The Balaban J connectivity index is 1.73. The van der Waals surface area contributed by atoms with Gasteiger partial charge in [0, 0.05) is 11.1 Å². The SMILES string of the molecule is CCOC(=O)c1nn(-c2ccc(C)cc2)c2nc3nc(-c4ccc(C)cc4)cc(-c4ccc(C)cc4)c3c(=O)n12. The van der Waals surface area contributed by atoms with E-state index in [9.17, 15) is 9.59 Å². The molecule has 8 nitrogen and oxygen atoms in total. The summed E-state index contributed by atoms with van der Waals surface area (Å²) in [6, 6.07) is 25.5. The van der Waals surface area contributed by atoms with Crippen LogP contribution in [0, 0.1) is 20.8 Å². The first-order chi connectivity index (χ1) is 19.3. The van der Waals surface area contributed by atoms with Crippen molar-refractivity contribution in [2.24, 2.45) is 0 Å². The van der Waals surface area contributed by atoms with Gasteiger partial charge in [0.1, 0.15) is 0 Å². The van der Waals surface area contributed by atoms with Crippen LogP contribution in [0.2, 0.25) is 0 Å². The number of esters is 1. The first-order valence-corrected chi connectivity index (χ1v) is 13.1. The Labute approximate surface area is 230 Å². The standard InChI is InChI=1S/C32H27N5O3/c1-5-40-31(39)29-35-37(24-16-10-21(4)11-17-24)32-34-28-27(30(38)36(29)32)25(22-12-6-19(2)7-13-22)18-26(33-28)23-14-8-20(3)9-15-23/h6-18H,5H2,1-4H3. The molecule has 0 saturated heterocycles. The van der Waals surface area contributed by atoms with Gasteiger partial charge in [0.25, 0.3) is 5.56 Å². The van der Waals surface area contributed by atoms with E-state index in [1.165, 1.54) is 9.08 Å². The summed E-state index contributed by atoms with van der Waals surface area (Å²) in [7, 11) is 0. The van der Waals surface area contributed by atoms with Crippen molar-refractivity contribution >= 4 is 22.8 Å². The van der Waals surface area contributed by atoms with Gasteiger partial charge in [-0.25, -0.2) is 14.2 Å². The number of rotatable bonds is 5. The fourth-order valence-corrected chi connectivity index (χ4v) is 4.71. The summed E-state index contributed by atoms with van der Waals surface area (Å²) in [6.07, 6.45) is 0. The molecule has 3 aromatic heterocycles. The molecule has 0 aliphatic carbocycles. The summed E-state index contributed by atoms with van der Waals surface area (Å²) in [4.78, 5) is 37.0. The van der Waals surface area contributed by atoms with Gasteiger partial charge < -0.3 is 4.74 Å². The molecule has 0 atom stereocenters. The van der Waals surface area contributed by atoms with Crippen molar-refractivity contribution in [1.29, 1.82) is 0 Å². The smallest absolute Gasteiger partial charge is 0.376 e. The highest BCUT2D eigenvalue weighted by molar-refractivity contribution is 5.96. The van der Waals surface area contributed by atoms with Gasteiger partial charge in [-0.15, -0.1) is 5.10 Å². The highest BCUT2D eigenvalue weighted by Crippen LogP contribution is 2.31. The molecule has 0 spiro atoms. The van der Waals surface area contributed by atoms with Crippen LogP contribution >= 0.6 is 0 Å². The Morgan fingerprint density at radius 2 is 1.38 bits per heavy atom. The second kappa shape index (κ2) is 9.89. The molecular weight excluding hydrogens is 502 g/mol. The topological polar surface area (TPSA) is 91.4 Å². The van der Waals surface area contributed by atoms with Gasteiger partial charge in [0.15, 0.2) is 5.65 Å². The van der Waals surface area contributed by atoms with Crippen LogP contribution in [0.5, 0.6) is 0 Å². The molecule has 3 heterocycles. The van der Waals surface area contributed by atoms with E-state index in [2.05, 4.69) is 5.10 Å². The van der Waals surface area contributed by atoms with E-state index in [1.54, 1.807) is 6.92 Å². The van der Waals surface area contributed by atoms with E-state index >= 15 is 0 Å². The molecule has 0 bridgehead atoms. The zero-order valence-corrected chi connectivity index (χ0v) is 22.7. The minimum absolute atomic E-state index is 0.142. The number of carbonyl (C=O) groups is 1. The molecule has 0 aliphatic heterocycles. The lowest BCUT2D eigenvalue weighted by Crippen LogP contribution is -2.21. The van der Waals surface area contributed by atoms with Crippen molar-refractivity contribution in [2.45, 2.75) is 27.7 Å². The normalized spacial score (nSPS) is 11.3. The molecule has 6 rings (SSSR count). The zero-order chi connectivity index (χ0) is 28.0. The minimum Gasteiger partial charge on any atom is -0.460 e. The van der Waals surface area contributed by atoms with Gasteiger partial charge in [-0.2, -0.15) is 9.67 Å². The Kier molecular flexibility index (Phi) is 6.23.